The molecule has 1 heterocycles. The molecule has 2 aromatic carbocycles. The van der Waals surface area contributed by atoms with Crippen LogP contribution < -0.4 is 33.2 Å². The molecule has 268 valence electrons. The van der Waals surface area contributed by atoms with Gasteiger partial charge >= 0.3 is 5.97 Å². The number of aliphatic carboxylic acids is 1. The lowest BCUT2D eigenvalue weighted by Gasteiger charge is -2.38. The van der Waals surface area contributed by atoms with Crippen molar-refractivity contribution in [2.45, 2.75) is 94.9 Å². The number of unbranched alkanes of at least 4 members (excludes halogenated alkanes) is 1. The maximum atomic E-state index is 13.9. The molecule has 4 amide bonds. The Balaban J connectivity index is 1.77. The van der Waals surface area contributed by atoms with Crippen LogP contribution in [-0.2, 0) is 36.8 Å². The van der Waals surface area contributed by atoms with Crippen molar-refractivity contribution >= 4 is 29.6 Å². The Kier molecular flexibility index (Phi) is 15.2. The summed E-state index contributed by atoms with van der Waals surface area (Å²) in [6, 6.07) is 14.7. The number of carbonyl (C=O) groups is 5. The second kappa shape index (κ2) is 19.0. The Morgan fingerprint density at radius 3 is 1.82 bits per heavy atom. The van der Waals surface area contributed by atoms with E-state index >= 15 is 0 Å². The van der Waals surface area contributed by atoms with Gasteiger partial charge in [-0.15, -0.1) is 0 Å². The number of hydrogen-bond donors (Lipinski definition) is 7. The molecule has 0 spiro atoms. The van der Waals surface area contributed by atoms with Crippen molar-refractivity contribution in [2.24, 2.45) is 23.1 Å². The summed E-state index contributed by atoms with van der Waals surface area (Å²) in [4.78, 5) is 67.7. The van der Waals surface area contributed by atoms with E-state index < -0.39 is 53.4 Å². The number of nitrogens with two attached hydrogens (primary N) is 3. The number of piperidine rings is 1. The summed E-state index contributed by atoms with van der Waals surface area (Å²) < 4.78 is 0. The third-order valence-electron chi connectivity index (χ3n) is 8.85. The van der Waals surface area contributed by atoms with E-state index in [1.807, 2.05) is 74.5 Å². The number of benzene rings is 2. The van der Waals surface area contributed by atoms with Crippen LogP contribution in [0.1, 0.15) is 63.5 Å². The van der Waals surface area contributed by atoms with Gasteiger partial charge < -0.3 is 43.2 Å². The van der Waals surface area contributed by atoms with E-state index in [4.69, 9.17) is 17.2 Å². The van der Waals surface area contributed by atoms with Gasteiger partial charge in [0, 0.05) is 19.5 Å². The third-order valence-corrected chi connectivity index (χ3v) is 8.85. The van der Waals surface area contributed by atoms with Crippen LogP contribution in [-0.4, -0.2) is 88.9 Å². The van der Waals surface area contributed by atoms with Crippen molar-refractivity contribution < 1.29 is 29.1 Å². The van der Waals surface area contributed by atoms with Gasteiger partial charge in [0.05, 0.1) is 6.04 Å². The van der Waals surface area contributed by atoms with Crippen LogP contribution in [0.3, 0.4) is 0 Å². The van der Waals surface area contributed by atoms with Crippen molar-refractivity contribution in [1.29, 1.82) is 0 Å². The molecule has 0 saturated carbocycles. The first-order chi connectivity index (χ1) is 23.3. The molecule has 49 heavy (non-hydrogen) atoms. The average molecular weight is 680 g/mol. The minimum Gasteiger partial charge on any atom is -0.480 e. The highest BCUT2D eigenvalue weighted by atomic mass is 16.4. The largest absolute Gasteiger partial charge is 0.480 e. The normalized spacial score (nSPS) is 16.6. The van der Waals surface area contributed by atoms with Crippen molar-refractivity contribution in [3.05, 3.63) is 71.8 Å². The van der Waals surface area contributed by atoms with Crippen molar-refractivity contribution in [3.63, 3.8) is 0 Å². The van der Waals surface area contributed by atoms with E-state index in [1.54, 1.807) is 0 Å². The molecule has 1 aliphatic rings. The van der Waals surface area contributed by atoms with E-state index in [1.165, 1.54) is 4.90 Å². The highest BCUT2D eigenvalue weighted by molar-refractivity contribution is 5.95. The third kappa shape index (κ3) is 12.3. The van der Waals surface area contributed by atoms with Gasteiger partial charge in [0.25, 0.3) is 0 Å². The van der Waals surface area contributed by atoms with Gasteiger partial charge in [-0.3, -0.25) is 24.0 Å². The van der Waals surface area contributed by atoms with Gasteiger partial charge in [-0.05, 0) is 68.5 Å². The second-order valence-electron chi connectivity index (χ2n) is 13.4. The molecule has 1 fully saturated rings. The zero-order valence-electron chi connectivity index (χ0n) is 28.6. The Morgan fingerprint density at radius 1 is 0.776 bits per heavy atom. The molecule has 10 N–H and O–H groups in total. The highest BCUT2D eigenvalue weighted by Gasteiger charge is 2.40. The van der Waals surface area contributed by atoms with Gasteiger partial charge in [-0.1, -0.05) is 74.5 Å². The Morgan fingerprint density at radius 2 is 1.29 bits per heavy atom. The molecule has 1 saturated heterocycles. The standard InChI is InChI=1S/C36H53N7O6/c1-24(2)21-29(32(45)40-28(15-9-10-18-37)34(47)43-19-16-36(39,17-20-43)35(48)49)42-33(46)30(23-26-13-7-4-8-14-26)41-31(44)27(38)22-25-11-5-3-6-12-25/h3-8,11-14,24,27-30H,9-10,15-23,37-39H2,1-2H3,(H,40,45)(H,41,44)(H,42,46)(H,48,49)/t27?,28-,29?,30-/m1/s1. The number of carboxylic acids is 1. The molecule has 13 nitrogen and oxygen atoms in total. The Hall–Kier alpha value is -4.33. The van der Waals surface area contributed by atoms with Crippen LogP contribution in [0.25, 0.3) is 0 Å². The number of rotatable bonds is 18. The first kappa shape index (κ1) is 39.1. The van der Waals surface area contributed by atoms with E-state index in [0.717, 1.165) is 11.1 Å². The minimum atomic E-state index is -1.40. The van der Waals surface area contributed by atoms with Crippen LogP contribution in [0, 0.1) is 5.92 Å². The summed E-state index contributed by atoms with van der Waals surface area (Å²) in [7, 11) is 0. The van der Waals surface area contributed by atoms with Crippen LogP contribution in [0.4, 0.5) is 0 Å². The number of likely N-dealkylation sites (tertiary alicyclic amines) is 1. The monoisotopic (exact) mass is 679 g/mol. The topological polar surface area (TPSA) is 223 Å². The predicted molar refractivity (Wildman–Crippen MR) is 187 cm³/mol. The molecule has 0 aliphatic carbocycles. The lowest BCUT2D eigenvalue weighted by molar-refractivity contribution is -0.148. The molecule has 2 unspecified atom stereocenters. The molecule has 1 aliphatic heterocycles. The second-order valence-corrected chi connectivity index (χ2v) is 13.4. The Bertz CT molecular complexity index is 1380. The molecule has 3 rings (SSSR count). The van der Waals surface area contributed by atoms with Gasteiger partial charge in [0.1, 0.15) is 23.7 Å². The van der Waals surface area contributed by atoms with Crippen LogP contribution in [0.5, 0.6) is 0 Å². The fourth-order valence-electron chi connectivity index (χ4n) is 5.86. The number of nitrogens with one attached hydrogen (secondary N) is 3. The minimum absolute atomic E-state index is 0.000286. The summed E-state index contributed by atoms with van der Waals surface area (Å²) in [6.45, 7) is 4.53. The zero-order valence-corrected chi connectivity index (χ0v) is 28.6. The van der Waals surface area contributed by atoms with E-state index in [9.17, 15) is 29.1 Å². The molecule has 0 aromatic heterocycles. The van der Waals surface area contributed by atoms with Gasteiger partial charge in [-0.25, -0.2) is 0 Å². The number of carbonyl (C=O) groups excluding carboxylic acids is 4. The lowest BCUT2D eigenvalue weighted by Crippen LogP contribution is -2.60. The van der Waals surface area contributed by atoms with Gasteiger partial charge in [0.2, 0.25) is 23.6 Å². The fraction of sp³-hybridized carbons (Fsp3) is 0.528. The van der Waals surface area contributed by atoms with Crippen LogP contribution in [0.2, 0.25) is 0 Å². The summed E-state index contributed by atoms with van der Waals surface area (Å²) >= 11 is 0. The molecule has 4 atom stereocenters. The van der Waals surface area contributed by atoms with Crippen molar-refractivity contribution in [1.82, 2.24) is 20.9 Å². The molecular weight excluding hydrogens is 626 g/mol. The number of nitrogens with zero attached hydrogens (tertiary/aromatic N) is 1. The maximum Gasteiger partial charge on any atom is 0.323 e. The number of hydrogen-bond acceptors (Lipinski definition) is 8. The van der Waals surface area contributed by atoms with Crippen molar-refractivity contribution in [2.75, 3.05) is 19.6 Å². The van der Waals surface area contributed by atoms with Crippen molar-refractivity contribution in [3.8, 4) is 0 Å². The summed E-state index contributed by atoms with van der Waals surface area (Å²) in [5, 5.41) is 18.0. The van der Waals surface area contributed by atoms with Crippen LogP contribution in [0.15, 0.2) is 60.7 Å². The van der Waals surface area contributed by atoms with E-state index in [-0.39, 0.29) is 57.0 Å². The average Bonchev–Trinajstić information content (AvgIpc) is 3.07. The number of carboxylic acid groups (broad SMARTS) is 1. The summed E-state index contributed by atoms with van der Waals surface area (Å²) in [5.41, 5.74) is 18.2. The SMILES string of the molecule is CC(C)CC(NC(=O)[C@@H](Cc1ccccc1)NC(=O)C(N)Cc1ccccc1)C(=O)N[C@H](CCCCN)C(=O)N1CCC(N)(C(=O)O)CC1. The zero-order chi connectivity index (χ0) is 36.0. The molecular formula is C36H53N7O6. The lowest BCUT2D eigenvalue weighted by atomic mass is 9.88. The summed E-state index contributed by atoms with van der Waals surface area (Å²) in [5.74, 6) is -3.04. The molecule has 0 bridgehead atoms. The fourth-order valence-corrected chi connectivity index (χ4v) is 5.86. The molecule has 13 heteroatoms. The highest BCUT2D eigenvalue weighted by Crippen LogP contribution is 2.21. The maximum absolute atomic E-state index is 13.9. The van der Waals surface area contributed by atoms with E-state index in [2.05, 4.69) is 16.0 Å². The van der Waals surface area contributed by atoms with Gasteiger partial charge in [-0.2, -0.15) is 0 Å². The summed E-state index contributed by atoms with van der Waals surface area (Å²) in [6.07, 6.45) is 2.44. The smallest absolute Gasteiger partial charge is 0.323 e. The van der Waals surface area contributed by atoms with Crippen LogP contribution >= 0.6 is 0 Å². The first-order valence-corrected chi connectivity index (χ1v) is 17.1. The number of amides is 4. The predicted octanol–water partition coefficient (Wildman–Crippen LogP) is 0.833. The molecule has 2 aromatic rings. The quantitative estimate of drug-likeness (QED) is 0.111. The first-order valence-electron chi connectivity index (χ1n) is 17.1. The molecule has 0 radical (unpaired) electrons. The van der Waals surface area contributed by atoms with Gasteiger partial charge in [0.15, 0.2) is 0 Å². The Labute approximate surface area is 288 Å². The van der Waals surface area contributed by atoms with E-state index in [0.29, 0.717) is 25.8 Å².